The van der Waals surface area contributed by atoms with E-state index in [1.165, 1.54) is 0 Å². The minimum Gasteiger partial charge on any atom is -0.497 e. The summed E-state index contributed by atoms with van der Waals surface area (Å²) >= 11 is 0. The van der Waals surface area contributed by atoms with Crippen LogP contribution in [0.5, 0.6) is 5.75 Å². The summed E-state index contributed by atoms with van der Waals surface area (Å²) < 4.78 is 5.16. The van der Waals surface area contributed by atoms with Crippen LogP contribution in [0.2, 0.25) is 0 Å². The van der Waals surface area contributed by atoms with Gasteiger partial charge in [0.15, 0.2) is 5.78 Å². The van der Waals surface area contributed by atoms with Gasteiger partial charge in [-0.3, -0.25) is 10.5 Å². The van der Waals surface area contributed by atoms with Gasteiger partial charge in [0.1, 0.15) is 5.75 Å². The van der Waals surface area contributed by atoms with Crippen LogP contribution in [0.15, 0.2) is 83.0 Å². The van der Waals surface area contributed by atoms with Gasteiger partial charge in [0.05, 0.1) is 12.8 Å². The maximum absolute atomic E-state index is 12.8. The molecule has 140 valence electrons. The molecule has 28 heavy (non-hydrogen) atoms. The Hall–Kier alpha value is -3.31. The van der Waals surface area contributed by atoms with Crippen molar-refractivity contribution >= 4 is 22.3 Å². The van der Waals surface area contributed by atoms with Crippen molar-refractivity contribution in [3.63, 3.8) is 0 Å². The summed E-state index contributed by atoms with van der Waals surface area (Å²) in [4.78, 5) is 12.8. The zero-order valence-corrected chi connectivity index (χ0v) is 15.6. The lowest BCUT2D eigenvalue weighted by atomic mass is 9.95. The molecule has 3 aromatic rings. The number of azo groups is 1. The first-order valence-corrected chi connectivity index (χ1v) is 9.18. The van der Waals surface area contributed by atoms with Crippen LogP contribution in [0.4, 0.5) is 0 Å². The largest absolute Gasteiger partial charge is 0.497 e. The summed E-state index contributed by atoms with van der Waals surface area (Å²) in [6.45, 7) is 0. The van der Waals surface area contributed by atoms with Gasteiger partial charge < -0.3 is 4.74 Å². The van der Waals surface area contributed by atoms with Gasteiger partial charge in [-0.25, -0.2) is 0 Å². The predicted molar refractivity (Wildman–Crippen MR) is 110 cm³/mol. The van der Waals surface area contributed by atoms with Gasteiger partial charge in [0, 0.05) is 12.0 Å². The second kappa shape index (κ2) is 7.37. The number of aryl methyl sites for hydroxylation is 1. The van der Waals surface area contributed by atoms with Crippen LogP contribution >= 0.6 is 0 Å². The van der Waals surface area contributed by atoms with Crippen molar-refractivity contribution in [1.29, 1.82) is 0 Å². The first kappa shape index (κ1) is 18.1. The molecule has 1 atom stereocenters. The quantitative estimate of drug-likeness (QED) is 0.692. The standard InChI is InChI=1S/C23H21N3O2/c1-28-19-12-9-18(10-13-19)21-15-23(24,26-25-21)22(27)14-11-17-7-4-6-16-5-2-3-8-20(16)17/h2-10,12-13,15H,11,14,24H2,1H3. The van der Waals surface area contributed by atoms with E-state index >= 15 is 0 Å². The molecule has 1 aliphatic heterocycles. The number of ketones is 1. The van der Waals surface area contributed by atoms with Crippen LogP contribution in [0.25, 0.3) is 16.5 Å². The number of Topliss-reactive ketones (excluding diaryl/α,β-unsaturated/α-hetero) is 1. The van der Waals surface area contributed by atoms with Crippen LogP contribution in [-0.4, -0.2) is 18.6 Å². The Morgan fingerprint density at radius 1 is 1.04 bits per heavy atom. The number of carbonyl (C=O) groups excluding carboxylic acids is 1. The third kappa shape index (κ3) is 3.44. The third-order valence-electron chi connectivity index (χ3n) is 5.01. The Bertz CT molecular complexity index is 1080. The summed E-state index contributed by atoms with van der Waals surface area (Å²) in [6.07, 6.45) is 2.55. The summed E-state index contributed by atoms with van der Waals surface area (Å²) in [6, 6.07) is 21.7. The minimum atomic E-state index is -1.40. The number of fused-ring (bicyclic) bond motifs is 1. The Morgan fingerprint density at radius 2 is 1.79 bits per heavy atom. The maximum atomic E-state index is 12.8. The number of hydrogen-bond donors (Lipinski definition) is 1. The zero-order chi connectivity index (χ0) is 19.6. The van der Waals surface area contributed by atoms with Gasteiger partial charge in [-0.2, -0.15) is 10.2 Å². The molecule has 1 heterocycles. The van der Waals surface area contributed by atoms with E-state index < -0.39 is 5.66 Å². The lowest BCUT2D eigenvalue weighted by molar-refractivity contribution is -0.122. The van der Waals surface area contributed by atoms with Gasteiger partial charge in [-0.05, 0) is 53.1 Å². The second-order valence-electron chi connectivity index (χ2n) is 6.84. The fourth-order valence-corrected chi connectivity index (χ4v) is 3.40. The van der Waals surface area contributed by atoms with E-state index in [1.54, 1.807) is 13.2 Å². The van der Waals surface area contributed by atoms with Gasteiger partial charge in [0.2, 0.25) is 5.66 Å². The fourth-order valence-electron chi connectivity index (χ4n) is 3.40. The van der Waals surface area contributed by atoms with Crippen molar-refractivity contribution in [3.8, 4) is 5.75 Å². The summed E-state index contributed by atoms with van der Waals surface area (Å²) in [5.74, 6) is 0.608. The first-order valence-electron chi connectivity index (χ1n) is 9.18. The monoisotopic (exact) mass is 371 g/mol. The molecule has 0 radical (unpaired) electrons. The number of ether oxygens (including phenoxy) is 1. The summed E-state index contributed by atoms with van der Waals surface area (Å²) in [7, 11) is 1.61. The molecule has 1 unspecified atom stereocenters. The molecule has 0 aromatic heterocycles. The average Bonchev–Trinajstić information content (AvgIpc) is 3.15. The van der Waals surface area contributed by atoms with Crippen molar-refractivity contribution in [2.24, 2.45) is 16.0 Å². The molecule has 0 spiro atoms. The molecule has 0 bridgehead atoms. The van der Waals surface area contributed by atoms with Crippen LogP contribution in [0, 0.1) is 0 Å². The highest BCUT2D eigenvalue weighted by atomic mass is 16.5. The van der Waals surface area contributed by atoms with E-state index in [4.69, 9.17) is 10.5 Å². The zero-order valence-electron chi connectivity index (χ0n) is 15.6. The van der Waals surface area contributed by atoms with Crippen molar-refractivity contribution in [1.82, 2.24) is 0 Å². The molecular weight excluding hydrogens is 350 g/mol. The number of rotatable bonds is 6. The number of carbonyl (C=O) groups is 1. The van der Waals surface area contributed by atoms with E-state index in [0.717, 1.165) is 27.6 Å². The normalized spacial score (nSPS) is 18.3. The second-order valence-corrected chi connectivity index (χ2v) is 6.84. The van der Waals surface area contributed by atoms with Crippen LogP contribution in [0.1, 0.15) is 17.5 Å². The number of benzene rings is 3. The third-order valence-corrected chi connectivity index (χ3v) is 5.01. The van der Waals surface area contributed by atoms with Crippen LogP contribution in [-0.2, 0) is 11.2 Å². The summed E-state index contributed by atoms with van der Waals surface area (Å²) in [5.41, 5.74) is 7.42. The van der Waals surface area contributed by atoms with Crippen molar-refractivity contribution < 1.29 is 9.53 Å². The lowest BCUT2D eigenvalue weighted by Crippen LogP contribution is -2.43. The molecular formula is C23H21N3O2. The molecule has 3 aromatic carbocycles. The predicted octanol–water partition coefficient (Wildman–Crippen LogP) is 4.51. The van der Waals surface area contributed by atoms with Gasteiger partial charge in [-0.1, -0.05) is 42.5 Å². The van der Waals surface area contributed by atoms with E-state index in [2.05, 4.69) is 28.4 Å². The minimum absolute atomic E-state index is 0.146. The molecule has 0 amide bonds. The molecule has 5 nitrogen and oxygen atoms in total. The number of nitrogens with zero attached hydrogens (tertiary/aromatic N) is 2. The van der Waals surface area contributed by atoms with Gasteiger partial charge in [-0.15, -0.1) is 0 Å². The fraction of sp³-hybridized carbons (Fsp3) is 0.174. The first-order chi connectivity index (χ1) is 13.6. The molecule has 2 N–H and O–H groups in total. The molecule has 1 aliphatic rings. The van der Waals surface area contributed by atoms with E-state index in [0.29, 0.717) is 18.5 Å². The SMILES string of the molecule is COc1ccc(C2=CC(N)(C(=O)CCc3cccc4ccccc34)N=N2)cc1. The lowest BCUT2D eigenvalue weighted by Gasteiger charge is -2.15. The highest BCUT2D eigenvalue weighted by Crippen LogP contribution is 2.30. The molecule has 4 rings (SSSR count). The van der Waals surface area contributed by atoms with Crippen LogP contribution < -0.4 is 10.5 Å². The van der Waals surface area contributed by atoms with E-state index in [-0.39, 0.29) is 5.78 Å². The van der Waals surface area contributed by atoms with E-state index in [1.807, 2.05) is 48.5 Å². The molecule has 5 heteroatoms. The highest BCUT2D eigenvalue weighted by molar-refractivity contribution is 5.94. The van der Waals surface area contributed by atoms with E-state index in [9.17, 15) is 4.79 Å². The Balaban J connectivity index is 1.50. The Morgan fingerprint density at radius 3 is 2.57 bits per heavy atom. The topological polar surface area (TPSA) is 77.0 Å². The highest BCUT2D eigenvalue weighted by Gasteiger charge is 2.35. The molecule has 0 saturated heterocycles. The smallest absolute Gasteiger partial charge is 0.209 e. The maximum Gasteiger partial charge on any atom is 0.209 e. The number of hydrogen-bond acceptors (Lipinski definition) is 5. The van der Waals surface area contributed by atoms with Gasteiger partial charge >= 0.3 is 0 Å². The van der Waals surface area contributed by atoms with Crippen LogP contribution in [0.3, 0.4) is 0 Å². The molecule has 0 saturated carbocycles. The van der Waals surface area contributed by atoms with Crippen molar-refractivity contribution in [2.45, 2.75) is 18.5 Å². The Kier molecular flexibility index (Phi) is 4.75. The number of nitrogens with two attached hydrogens (primary N) is 1. The average molecular weight is 371 g/mol. The molecule has 0 fully saturated rings. The Labute approximate surface area is 163 Å². The van der Waals surface area contributed by atoms with Gasteiger partial charge in [0.25, 0.3) is 0 Å². The number of methoxy groups -OCH3 is 1. The molecule has 0 aliphatic carbocycles. The summed E-state index contributed by atoms with van der Waals surface area (Å²) in [5, 5.41) is 10.5. The van der Waals surface area contributed by atoms with Crippen molar-refractivity contribution in [3.05, 3.63) is 83.9 Å². The van der Waals surface area contributed by atoms with Crippen molar-refractivity contribution in [2.75, 3.05) is 7.11 Å².